The third-order valence-electron chi connectivity index (χ3n) is 1.27. The molecular formula is C6H12NO+. The van der Waals surface area contributed by atoms with Crippen LogP contribution in [0.3, 0.4) is 0 Å². The highest BCUT2D eigenvalue weighted by atomic mass is 16.2. The summed E-state index contributed by atoms with van der Waals surface area (Å²) in [6, 6.07) is 0. The van der Waals surface area contributed by atoms with Crippen molar-refractivity contribution in [3.05, 3.63) is 12.8 Å². The van der Waals surface area contributed by atoms with Crippen molar-refractivity contribution in [2.24, 2.45) is 0 Å². The van der Waals surface area contributed by atoms with Crippen molar-refractivity contribution in [1.82, 2.24) is 0 Å². The zero-order valence-corrected chi connectivity index (χ0v) is 5.64. The van der Waals surface area contributed by atoms with E-state index >= 15 is 0 Å². The first-order valence-corrected chi connectivity index (χ1v) is 2.49. The molecule has 0 aliphatic heterocycles. The van der Waals surface area contributed by atoms with Gasteiger partial charge in [0, 0.05) is 0 Å². The van der Waals surface area contributed by atoms with E-state index in [0.29, 0.717) is 0 Å². The summed E-state index contributed by atoms with van der Waals surface area (Å²) < 4.78 is 0.250. The molecule has 0 heterocycles. The Hall–Kier alpha value is -0.630. The highest BCUT2D eigenvalue weighted by molar-refractivity contribution is 5.65. The van der Waals surface area contributed by atoms with Crippen molar-refractivity contribution >= 4 is 5.91 Å². The van der Waals surface area contributed by atoms with E-state index in [2.05, 4.69) is 6.58 Å². The number of rotatable bonds is 1. The lowest BCUT2D eigenvalue weighted by molar-refractivity contribution is -0.758. The van der Waals surface area contributed by atoms with Gasteiger partial charge in [-0.25, -0.2) is 9.28 Å². The van der Waals surface area contributed by atoms with Gasteiger partial charge in [0.05, 0.1) is 27.2 Å². The minimum absolute atomic E-state index is 0.0972. The Bertz CT molecular complexity index is 116. The third kappa shape index (κ3) is 1.46. The predicted molar refractivity (Wildman–Crippen MR) is 33.0 cm³/mol. The monoisotopic (exact) mass is 114 g/mol. The van der Waals surface area contributed by atoms with E-state index in [0.717, 1.165) is 0 Å². The molecule has 0 rings (SSSR count). The Morgan fingerprint density at radius 2 is 2.00 bits per heavy atom. The molecule has 46 valence electrons. The molecule has 0 radical (unpaired) electrons. The van der Waals surface area contributed by atoms with Crippen LogP contribution in [0.15, 0.2) is 12.8 Å². The van der Waals surface area contributed by atoms with E-state index in [9.17, 15) is 4.79 Å². The van der Waals surface area contributed by atoms with E-state index in [-0.39, 0.29) is 10.4 Å². The number of hydrogen-bond donors (Lipinski definition) is 0. The van der Waals surface area contributed by atoms with Crippen LogP contribution >= 0.6 is 0 Å². The van der Waals surface area contributed by atoms with Gasteiger partial charge in [0.1, 0.15) is 0 Å². The fraction of sp³-hybridized carbons (Fsp3) is 0.500. The van der Waals surface area contributed by atoms with Crippen LogP contribution in [0.1, 0.15) is 6.92 Å². The number of carbonyl (C=O) groups is 1. The molecule has 0 spiro atoms. The molecule has 0 atom stereocenters. The second-order valence-corrected chi connectivity index (χ2v) is 2.24. The molecule has 0 aliphatic carbocycles. The minimum Gasteiger partial charge on any atom is -0.240 e. The standard InChI is InChI=1S/C6H12NO/c1-5-7(3,4)6(2)8/h5H,1H2,2-4H3/q+1. The summed E-state index contributed by atoms with van der Waals surface area (Å²) in [5.74, 6) is 0.0972. The van der Waals surface area contributed by atoms with Crippen molar-refractivity contribution < 1.29 is 9.28 Å². The summed E-state index contributed by atoms with van der Waals surface area (Å²) in [7, 11) is 3.57. The highest BCUT2D eigenvalue weighted by Gasteiger charge is 2.15. The van der Waals surface area contributed by atoms with Gasteiger partial charge in [-0.1, -0.05) is 0 Å². The van der Waals surface area contributed by atoms with Crippen LogP contribution in [0.25, 0.3) is 0 Å². The van der Waals surface area contributed by atoms with Crippen molar-refractivity contribution in [2.45, 2.75) is 6.92 Å². The summed E-state index contributed by atoms with van der Waals surface area (Å²) in [4.78, 5) is 10.6. The molecule has 0 saturated carbocycles. The van der Waals surface area contributed by atoms with Crippen LogP contribution in [0.2, 0.25) is 0 Å². The molecule has 0 N–H and O–H groups in total. The molecular weight excluding hydrogens is 102 g/mol. The van der Waals surface area contributed by atoms with Gasteiger partial charge in [-0.05, 0) is 6.58 Å². The highest BCUT2D eigenvalue weighted by Crippen LogP contribution is 1.95. The Morgan fingerprint density at radius 3 is 2.00 bits per heavy atom. The van der Waals surface area contributed by atoms with E-state index in [4.69, 9.17) is 0 Å². The van der Waals surface area contributed by atoms with Crippen LogP contribution < -0.4 is 0 Å². The molecule has 0 saturated heterocycles. The van der Waals surface area contributed by atoms with Crippen molar-refractivity contribution in [2.75, 3.05) is 14.1 Å². The molecule has 2 heteroatoms. The Morgan fingerprint density at radius 1 is 1.62 bits per heavy atom. The molecule has 8 heavy (non-hydrogen) atoms. The van der Waals surface area contributed by atoms with Crippen LogP contribution in [0.5, 0.6) is 0 Å². The molecule has 0 fully saturated rings. The molecule has 0 aliphatic rings. The van der Waals surface area contributed by atoms with Crippen molar-refractivity contribution in [1.29, 1.82) is 0 Å². The first-order valence-electron chi connectivity index (χ1n) is 2.49. The smallest absolute Gasteiger partial charge is 0.240 e. The summed E-state index contributed by atoms with van der Waals surface area (Å²) in [5.41, 5.74) is 0. The van der Waals surface area contributed by atoms with Gasteiger partial charge in [-0.15, -0.1) is 0 Å². The molecule has 0 aromatic heterocycles. The fourth-order valence-corrected chi connectivity index (χ4v) is 0.129. The van der Waals surface area contributed by atoms with Crippen molar-refractivity contribution in [3.8, 4) is 0 Å². The number of nitrogens with zero attached hydrogens (tertiary/aromatic N) is 1. The maximum absolute atomic E-state index is 10.6. The lowest BCUT2D eigenvalue weighted by Crippen LogP contribution is -2.37. The van der Waals surface area contributed by atoms with Gasteiger partial charge in [0.25, 0.3) is 0 Å². The summed E-state index contributed by atoms with van der Waals surface area (Å²) in [5, 5.41) is 0. The van der Waals surface area contributed by atoms with Gasteiger partial charge in [-0.2, -0.15) is 0 Å². The van der Waals surface area contributed by atoms with Crippen molar-refractivity contribution in [3.63, 3.8) is 0 Å². The minimum atomic E-state index is 0.0972. The normalized spacial score (nSPS) is 10.9. The van der Waals surface area contributed by atoms with E-state index in [1.807, 2.05) is 0 Å². The average molecular weight is 114 g/mol. The number of amides is 1. The van der Waals surface area contributed by atoms with Crippen LogP contribution in [0.4, 0.5) is 0 Å². The largest absolute Gasteiger partial charge is 0.314 e. The lowest BCUT2D eigenvalue weighted by atomic mass is 10.5. The molecule has 0 unspecified atom stereocenters. The first-order chi connectivity index (χ1) is 3.50. The Kier molecular flexibility index (Phi) is 1.93. The van der Waals surface area contributed by atoms with Crippen LogP contribution in [-0.2, 0) is 4.79 Å². The number of hydrogen-bond acceptors (Lipinski definition) is 1. The number of quaternary nitrogens is 1. The maximum Gasteiger partial charge on any atom is 0.314 e. The summed E-state index contributed by atoms with van der Waals surface area (Å²) >= 11 is 0. The van der Waals surface area contributed by atoms with Gasteiger partial charge >= 0.3 is 5.91 Å². The van der Waals surface area contributed by atoms with Gasteiger partial charge in [-0.3, -0.25) is 0 Å². The summed E-state index contributed by atoms with van der Waals surface area (Å²) in [6.45, 7) is 5.05. The second kappa shape index (κ2) is 2.09. The molecule has 0 aromatic rings. The van der Waals surface area contributed by atoms with Crippen LogP contribution in [0, 0.1) is 0 Å². The van der Waals surface area contributed by atoms with E-state index in [1.165, 1.54) is 0 Å². The zero-order chi connectivity index (χ0) is 6.78. The Labute approximate surface area is 50.0 Å². The molecule has 1 amide bonds. The topological polar surface area (TPSA) is 17.1 Å². The summed E-state index contributed by atoms with van der Waals surface area (Å²) in [6.07, 6.45) is 1.60. The third-order valence-corrected chi connectivity index (χ3v) is 1.27. The SMILES string of the molecule is C=C[N+](C)(C)C(C)=O. The first kappa shape index (κ1) is 7.37. The predicted octanol–water partition coefficient (Wildman–Crippen LogP) is 0.753. The average Bonchev–Trinajstić information content (AvgIpc) is 1.67. The zero-order valence-electron chi connectivity index (χ0n) is 5.64. The maximum atomic E-state index is 10.6. The van der Waals surface area contributed by atoms with Gasteiger partial charge in [0.2, 0.25) is 0 Å². The number of carbonyl (C=O) groups excluding carboxylic acids is 1. The van der Waals surface area contributed by atoms with E-state index < -0.39 is 0 Å². The fourth-order valence-electron chi connectivity index (χ4n) is 0.129. The Balaban J connectivity index is 4.12. The quantitative estimate of drug-likeness (QED) is 0.460. The van der Waals surface area contributed by atoms with Crippen LogP contribution in [-0.4, -0.2) is 24.5 Å². The van der Waals surface area contributed by atoms with Gasteiger partial charge in [0.15, 0.2) is 0 Å². The van der Waals surface area contributed by atoms with Gasteiger partial charge < -0.3 is 0 Å². The lowest BCUT2D eigenvalue weighted by Gasteiger charge is -2.18. The molecule has 2 nitrogen and oxygen atoms in total. The molecule has 0 aromatic carbocycles. The molecule has 0 bridgehead atoms. The van der Waals surface area contributed by atoms with E-state index in [1.54, 1.807) is 27.2 Å². The second-order valence-electron chi connectivity index (χ2n) is 2.24.